The van der Waals surface area contributed by atoms with Crippen molar-refractivity contribution in [3.05, 3.63) is 53.6 Å². The highest BCUT2D eigenvalue weighted by Crippen LogP contribution is 2.32. The van der Waals surface area contributed by atoms with Gasteiger partial charge in [-0.25, -0.2) is 0 Å². The Labute approximate surface area is 216 Å². The third-order valence-electron chi connectivity index (χ3n) is 6.14. The van der Waals surface area contributed by atoms with E-state index in [9.17, 15) is 9.90 Å². The monoisotopic (exact) mass is 498 g/mol. The predicted octanol–water partition coefficient (Wildman–Crippen LogP) is 7.29. The number of rotatable bonds is 17. The second-order valence-electron chi connectivity index (χ2n) is 8.87. The Morgan fingerprint density at radius 2 is 1.42 bits per heavy atom. The number of aliphatic hydroxyl groups is 1. The van der Waals surface area contributed by atoms with E-state index < -0.39 is 6.10 Å². The number of unbranched alkanes of at least 4 members (excludes halogenated alkanes) is 8. The van der Waals surface area contributed by atoms with Crippen molar-refractivity contribution in [2.75, 3.05) is 21.3 Å². The van der Waals surface area contributed by atoms with Crippen LogP contribution < -0.4 is 18.9 Å². The van der Waals surface area contributed by atoms with Gasteiger partial charge in [0.1, 0.15) is 29.1 Å². The van der Waals surface area contributed by atoms with Gasteiger partial charge in [-0.3, -0.25) is 4.79 Å². The fourth-order valence-electron chi connectivity index (χ4n) is 4.02. The Balaban J connectivity index is 1.86. The fraction of sp³-hybridized carbons (Fsp3) is 0.500. The molecule has 198 valence electrons. The van der Waals surface area contributed by atoms with Crippen molar-refractivity contribution in [3.63, 3.8) is 0 Å². The first-order valence-corrected chi connectivity index (χ1v) is 13.0. The molecule has 1 unspecified atom stereocenters. The third-order valence-corrected chi connectivity index (χ3v) is 6.14. The topological polar surface area (TPSA) is 74.2 Å². The maximum absolute atomic E-state index is 12.3. The molecule has 1 atom stereocenters. The van der Waals surface area contributed by atoms with Gasteiger partial charge in [-0.1, -0.05) is 70.4 Å². The number of benzene rings is 2. The standard InChI is InChI=1S/C30H42O6/c1-5-6-7-8-9-10-11-12-13-14-30(32)36-25-18-19-26(29(22-25)35-4)27(31)20-16-23-15-17-24(33-2)21-28(23)34-3/h15-22,27,31H,5-14H2,1-4H3. The lowest BCUT2D eigenvalue weighted by molar-refractivity contribution is -0.134. The molecule has 0 aromatic heterocycles. The van der Waals surface area contributed by atoms with Gasteiger partial charge in [-0.2, -0.15) is 0 Å². The van der Waals surface area contributed by atoms with Crippen LogP contribution in [0.5, 0.6) is 23.0 Å². The van der Waals surface area contributed by atoms with Crippen molar-refractivity contribution in [1.29, 1.82) is 0 Å². The van der Waals surface area contributed by atoms with Crippen LogP contribution in [-0.4, -0.2) is 32.4 Å². The van der Waals surface area contributed by atoms with Gasteiger partial charge in [0.15, 0.2) is 0 Å². The van der Waals surface area contributed by atoms with Crippen molar-refractivity contribution in [2.24, 2.45) is 0 Å². The molecular formula is C30H42O6. The lowest BCUT2D eigenvalue weighted by Crippen LogP contribution is -2.08. The maximum atomic E-state index is 12.3. The minimum Gasteiger partial charge on any atom is -0.497 e. The van der Waals surface area contributed by atoms with Gasteiger partial charge in [0, 0.05) is 29.7 Å². The second-order valence-corrected chi connectivity index (χ2v) is 8.87. The molecule has 0 aliphatic rings. The molecule has 36 heavy (non-hydrogen) atoms. The van der Waals surface area contributed by atoms with E-state index in [-0.39, 0.29) is 5.97 Å². The fourth-order valence-corrected chi connectivity index (χ4v) is 4.02. The van der Waals surface area contributed by atoms with E-state index in [4.69, 9.17) is 18.9 Å². The normalized spacial score (nSPS) is 11.9. The first-order valence-electron chi connectivity index (χ1n) is 13.0. The highest BCUT2D eigenvalue weighted by molar-refractivity contribution is 5.72. The van der Waals surface area contributed by atoms with Gasteiger partial charge in [-0.05, 0) is 30.7 Å². The minimum atomic E-state index is -0.918. The summed E-state index contributed by atoms with van der Waals surface area (Å²) in [7, 11) is 4.70. The number of hydrogen-bond donors (Lipinski definition) is 1. The van der Waals surface area contributed by atoms with Crippen molar-refractivity contribution >= 4 is 12.0 Å². The molecule has 2 aromatic rings. The van der Waals surface area contributed by atoms with Crippen LogP contribution in [0.2, 0.25) is 0 Å². The smallest absolute Gasteiger partial charge is 0.311 e. The molecular weight excluding hydrogens is 456 g/mol. The summed E-state index contributed by atoms with van der Waals surface area (Å²) in [6.45, 7) is 2.23. The molecule has 0 radical (unpaired) electrons. The molecule has 0 bridgehead atoms. The number of aliphatic hydroxyl groups excluding tert-OH is 1. The Hall–Kier alpha value is -2.99. The lowest BCUT2D eigenvalue weighted by Gasteiger charge is -2.14. The summed E-state index contributed by atoms with van der Waals surface area (Å²) in [4.78, 5) is 12.3. The number of carbonyl (C=O) groups is 1. The average molecular weight is 499 g/mol. The lowest BCUT2D eigenvalue weighted by atomic mass is 10.1. The molecule has 2 rings (SSSR count). The minimum absolute atomic E-state index is 0.250. The zero-order valence-corrected chi connectivity index (χ0v) is 22.3. The Bertz CT molecular complexity index is 952. The number of methoxy groups -OCH3 is 3. The summed E-state index contributed by atoms with van der Waals surface area (Å²) in [6, 6.07) is 10.5. The molecule has 0 spiro atoms. The summed E-state index contributed by atoms with van der Waals surface area (Å²) in [6.07, 6.45) is 13.7. The molecule has 1 N–H and O–H groups in total. The van der Waals surface area contributed by atoms with Crippen molar-refractivity contribution in [2.45, 2.75) is 77.2 Å². The van der Waals surface area contributed by atoms with Crippen LogP contribution in [0.25, 0.3) is 6.08 Å². The largest absolute Gasteiger partial charge is 0.497 e. The Kier molecular flexibility index (Phi) is 13.5. The average Bonchev–Trinajstić information content (AvgIpc) is 2.90. The number of hydrogen-bond acceptors (Lipinski definition) is 6. The first kappa shape index (κ1) is 29.2. The zero-order valence-electron chi connectivity index (χ0n) is 22.3. The number of ether oxygens (including phenoxy) is 4. The molecule has 0 saturated heterocycles. The van der Waals surface area contributed by atoms with Crippen LogP contribution in [0.1, 0.15) is 88.4 Å². The predicted molar refractivity (Wildman–Crippen MR) is 144 cm³/mol. The van der Waals surface area contributed by atoms with Crippen LogP contribution in [0.4, 0.5) is 0 Å². The summed E-state index contributed by atoms with van der Waals surface area (Å²) < 4.78 is 21.6. The summed E-state index contributed by atoms with van der Waals surface area (Å²) in [5.74, 6) is 1.93. The molecule has 6 heteroatoms. The zero-order chi connectivity index (χ0) is 26.2. The Morgan fingerprint density at radius 1 is 0.806 bits per heavy atom. The number of carbonyl (C=O) groups excluding carboxylic acids is 1. The van der Waals surface area contributed by atoms with E-state index >= 15 is 0 Å². The summed E-state index contributed by atoms with van der Waals surface area (Å²) >= 11 is 0. The molecule has 0 amide bonds. The van der Waals surface area contributed by atoms with E-state index in [1.807, 2.05) is 12.1 Å². The molecule has 0 saturated carbocycles. The molecule has 0 heterocycles. The quantitative estimate of drug-likeness (QED) is 0.140. The van der Waals surface area contributed by atoms with Crippen molar-refractivity contribution < 1.29 is 28.8 Å². The third kappa shape index (κ3) is 9.94. The van der Waals surface area contributed by atoms with Crippen LogP contribution >= 0.6 is 0 Å². The van der Waals surface area contributed by atoms with Gasteiger partial charge in [0.2, 0.25) is 0 Å². The van der Waals surface area contributed by atoms with Crippen LogP contribution in [-0.2, 0) is 4.79 Å². The van der Waals surface area contributed by atoms with Crippen molar-refractivity contribution in [3.8, 4) is 23.0 Å². The van der Waals surface area contributed by atoms with Gasteiger partial charge < -0.3 is 24.1 Å². The second kappa shape index (κ2) is 16.6. The van der Waals surface area contributed by atoms with E-state index in [0.29, 0.717) is 35.0 Å². The summed E-state index contributed by atoms with van der Waals surface area (Å²) in [5, 5.41) is 10.7. The maximum Gasteiger partial charge on any atom is 0.311 e. The number of esters is 1. The molecule has 0 aliphatic heterocycles. The SMILES string of the molecule is CCCCCCCCCCCC(=O)Oc1ccc(C(O)C=Cc2ccc(OC)cc2OC)c(OC)c1. The van der Waals surface area contributed by atoms with E-state index in [0.717, 1.165) is 24.8 Å². The highest BCUT2D eigenvalue weighted by atomic mass is 16.5. The first-order chi connectivity index (χ1) is 17.5. The van der Waals surface area contributed by atoms with Gasteiger partial charge in [-0.15, -0.1) is 0 Å². The molecule has 2 aromatic carbocycles. The van der Waals surface area contributed by atoms with Crippen molar-refractivity contribution in [1.82, 2.24) is 0 Å². The molecule has 6 nitrogen and oxygen atoms in total. The highest BCUT2D eigenvalue weighted by Gasteiger charge is 2.14. The van der Waals surface area contributed by atoms with Crippen LogP contribution in [0.15, 0.2) is 42.5 Å². The van der Waals surface area contributed by atoms with Crippen LogP contribution in [0, 0.1) is 0 Å². The molecule has 0 aliphatic carbocycles. The van der Waals surface area contributed by atoms with E-state index in [1.165, 1.54) is 45.6 Å². The van der Waals surface area contributed by atoms with Gasteiger partial charge in [0.05, 0.1) is 21.3 Å². The molecule has 0 fully saturated rings. The van der Waals surface area contributed by atoms with Gasteiger partial charge >= 0.3 is 5.97 Å². The van der Waals surface area contributed by atoms with Crippen LogP contribution in [0.3, 0.4) is 0 Å². The van der Waals surface area contributed by atoms with E-state index in [2.05, 4.69) is 6.92 Å². The summed E-state index contributed by atoms with van der Waals surface area (Å²) in [5.41, 5.74) is 1.37. The van der Waals surface area contributed by atoms with E-state index in [1.54, 1.807) is 50.6 Å². The Morgan fingerprint density at radius 3 is 2.06 bits per heavy atom. The van der Waals surface area contributed by atoms with Gasteiger partial charge in [0.25, 0.3) is 0 Å².